The molecule has 0 saturated heterocycles. The molecule has 0 aromatic heterocycles. The first-order chi connectivity index (χ1) is 12.6. The van der Waals surface area contributed by atoms with Crippen LogP contribution < -0.4 is 16.4 Å². The first-order valence-corrected chi connectivity index (χ1v) is 10.0. The summed E-state index contributed by atoms with van der Waals surface area (Å²) in [5.41, 5.74) is 8.07. The van der Waals surface area contributed by atoms with E-state index in [9.17, 15) is 9.59 Å². The number of amides is 2. The van der Waals surface area contributed by atoms with Gasteiger partial charge in [0.2, 0.25) is 11.8 Å². The number of carbonyl (C=O) groups is 2. The molecule has 0 heterocycles. The number of fused-ring (bicyclic) bond motifs is 2. The Morgan fingerprint density at radius 3 is 2.54 bits per heavy atom. The second kappa shape index (κ2) is 7.39. The van der Waals surface area contributed by atoms with E-state index in [2.05, 4.69) is 10.6 Å². The number of hydrogen-bond donors (Lipinski definition) is 3. The average molecular weight is 355 g/mol. The van der Waals surface area contributed by atoms with E-state index in [1.807, 2.05) is 24.3 Å². The van der Waals surface area contributed by atoms with Crippen molar-refractivity contribution in [3.05, 3.63) is 29.8 Å². The molecule has 3 saturated carbocycles. The molecule has 26 heavy (non-hydrogen) atoms. The number of carbonyl (C=O) groups excluding carboxylic acids is 2. The Morgan fingerprint density at radius 2 is 1.81 bits per heavy atom. The van der Waals surface area contributed by atoms with Gasteiger partial charge in [0.15, 0.2) is 0 Å². The van der Waals surface area contributed by atoms with E-state index >= 15 is 0 Å². The smallest absolute Gasteiger partial charge is 0.227 e. The van der Waals surface area contributed by atoms with E-state index in [1.165, 1.54) is 6.42 Å². The highest BCUT2D eigenvalue weighted by molar-refractivity contribution is 5.92. The summed E-state index contributed by atoms with van der Waals surface area (Å²) in [5.74, 6) is 1.33. The van der Waals surface area contributed by atoms with Crippen molar-refractivity contribution in [1.29, 1.82) is 0 Å². The molecule has 4 unspecified atom stereocenters. The first kappa shape index (κ1) is 17.5. The predicted octanol–water partition coefficient (Wildman–Crippen LogP) is 2.80. The minimum absolute atomic E-state index is 0.0192. The number of rotatable bonds is 5. The second-order valence-electron chi connectivity index (χ2n) is 8.33. The highest BCUT2D eigenvalue weighted by Crippen LogP contribution is 2.47. The SMILES string of the molecule is NC1C2CCC(C2)C1C(=O)NCc1cccc(NC(=O)C2CCCC2)c1. The minimum atomic E-state index is -0.0287. The van der Waals surface area contributed by atoms with Crippen LogP contribution in [0.4, 0.5) is 5.69 Å². The molecule has 4 atom stereocenters. The lowest BCUT2D eigenvalue weighted by atomic mass is 9.84. The van der Waals surface area contributed by atoms with Crippen LogP contribution in [0.2, 0.25) is 0 Å². The summed E-state index contributed by atoms with van der Waals surface area (Å²) in [6, 6.07) is 7.78. The zero-order valence-corrected chi connectivity index (χ0v) is 15.2. The van der Waals surface area contributed by atoms with Gasteiger partial charge in [-0.3, -0.25) is 9.59 Å². The fourth-order valence-corrected chi connectivity index (χ4v) is 5.22. The minimum Gasteiger partial charge on any atom is -0.352 e. The van der Waals surface area contributed by atoms with Crippen molar-refractivity contribution >= 4 is 17.5 Å². The molecule has 1 aromatic rings. The predicted molar refractivity (Wildman–Crippen MR) is 101 cm³/mol. The van der Waals surface area contributed by atoms with Gasteiger partial charge in [-0.05, 0) is 61.6 Å². The molecule has 0 aliphatic heterocycles. The number of nitrogens with one attached hydrogen (secondary N) is 2. The second-order valence-corrected chi connectivity index (χ2v) is 8.33. The van der Waals surface area contributed by atoms with Gasteiger partial charge in [-0.25, -0.2) is 0 Å². The highest BCUT2D eigenvalue weighted by atomic mass is 16.2. The van der Waals surface area contributed by atoms with Crippen LogP contribution in [0.5, 0.6) is 0 Å². The fraction of sp³-hybridized carbons (Fsp3) is 0.619. The molecule has 5 nitrogen and oxygen atoms in total. The average Bonchev–Trinajstić information content (AvgIpc) is 3.37. The van der Waals surface area contributed by atoms with E-state index in [-0.39, 0.29) is 29.7 Å². The van der Waals surface area contributed by atoms with Gasteiger partial charge in [0, 0.05) is 24.2 Å². The Balaban J connectivity index is 1.32. The molecule has 0 radical (unpaired) electrons. The molecule has 3 fully saturated rings. The Hall–Kier alpha value is -1.88. The topological polar surface area (TPSA) is 84.2 Å². The van der Waals surface area contributed by atoms with Crippen molar-refractivity contribution in [2.75, 3.05) is 5.32 Å². The maximum absolute atomic E-state index is 12.6. The molecule has 4 rings (SSSR count). The first-order valence-electron chi connectivity index (χ1n) is 10.0. The van der Waals surface area contributed by atoms with Crippen molar-refractivity contribution in [2.24, 2.45) is 29.4 Å². The molecular weight excluding hydrogens is 326 g/mol. The van der Waals surface area contributed by atoms with Crippen LogP contribution in [0, 0.1) is 23.7 Å². The fourth-order valence-electron chi connectivity index (χ4n) is 5.22. The van der Waals surface area contributed by atoms with E-state index < -0.39 is 0 Å². The Kier molecular flexibility index (Phi) is 4.98. The Bertz CT molecular complexity index is 682. The van der Waals surface area contributed by atoms with Gasteiger partial charge in [-0.2, -0.15) is 0 Å². The molecule has 0 spiro atoms. The number of anilines is 1. The van der Waals surface area contributed by atoms with Crippen LogP contribution in [0.15, 0.2) is 24.3 Å². The summed E-state index contributed by atoms with van der Waals surface area (Å²) in [5, 5.41) is 6.08. The quantitative estimate of drug-likeness (QED) is 0.759. The van der Waals surface area contributed by atoms with E-state index in [0.717, 1.165) is 49.8 Å². The summed E-state index contributed by atoms with van der Waals surface area (Å²) in [7, 11) is 0. The van der Waals surface area contributed by atoms with Gasteiger partial charge in [-0.1, -0.05) is 25.0 Å². The van der Waals surface area contributed by atoms with Crippen molar-refractivity contribution in [1.82, 2.24) is 5.32 Å². The lowest BCUT2D eigenvalue weighted by molar-refractivity contribution is -0.127. The molecule has 3 aliphatic rings. The van der Waals surface area contributed by atoms with Gasteiger partial charge in [0.1, 0.15) is 0 Å². The van der Waals surface area contributed by atoms with E-state index in [0.29, 0.717) is 18.4 Å². The van der Waals surface area contributed by atoms with Crippen molar-refractivity contribution in [3.8, 4) is 0 Å². The largest absolute Gasteiger partial charge is 0.352 e. The van der Waals surface area contributed by atoms with Crippen LogP contribution in [0.25, 0.3) is 0 Å². The third-order valence-electron chi connectivity index (χ3n) is 6.67. The molecule has 2 amide bonds. The van der Waals surface area contributed by atoms with Gasteiger partial charge in [-0.15, -0.1) is 0 Å². The highest BCUT2D eigenvalue weighted by Gasteiger charge is 2.48. The standard InChI is InChI=1S/C21H29N3O2/c22-19-16-9-8-15(11-16)18(19)21(26)23-12-13-4-3-7-17(10-13)24-20(25)14-5-1-2-6-14/h3-4,7,10,14-16,18-19H,1-2,5-6,8-9,11-12,22H2,(H,23,26)(H,24,25). The summed E-state index contributed by atoms with van der Waals surface area (Å²) in [6.45, 7) is 0.479. The maximum Gasteiger partial charge on any atom is 0.227 e. The lowest BCUT2D eigenvalue weighted by Gasteiger charge is -2.27. The third kappa shape index (κ3) is 3.50. The lowest BCUT2D eigenvalue weighted by Crippen LogP contribution is -2.45. The zero-order valence-electron chi connectivity index (χ0n) is 15.2. The molecule has 1 aromatic carbocycles. The summed E-state index contributed by atoms with van der Waals surface area (Å²) >= 11 is 0. The van der Waals surface area contributed by atoms with Crippen molar-refractivity contribution in [2.45, 2.75) is 57.5 Å². The zero-order chi connectivity index (χ0) is 18.1. The van der Waals surface area contributed by atoms with Crippen molar-refractivity contribution < 1.29 is 9.59 Å². The summed E-state index contributed by atoms with van der Waals surface area (Å²) in [6.07, 6.45) is 7.71. The molecule has 3 aliphatic carbocycles. The van der Waals surface area contributed by atoms with Gasteiger partial charge in [0.25, 0.3) is 0 Å². The van der Waals surface area contributed by atoms with Crippen LogP contribution in [0.1, 0.15) is 50.5 Å². The molecular formula is C21H29N3O2. The van der Waals surface area contributed by atoms with Crippen LogP contribution >= 0.6 is 0 Å². The Morgan fingerprint density at radius 1 is 1.04 bits per heavy atom. The van der Waals surface area contributed by atoms with Gasteiger partial charge in [0.05, 0.1) is 5.92 Å². The summed E-state index contributed by atoms with van der Waals surface area (Å²) < 4.78 is 0. The Labute approximate surface area is 155 Å². The van der Waals surface area contributed by atoms with Crippen molar-refractivity contribution in [3.63, 3.8) is 0 Å². The third-order valence-corrected chi connectivity index (χ3v) is 6.67. The number of hydrogen-bond acceptors (Lipinski definition) is 3. The maximum atomic E-state index is 12.6. The van der Waals surface area contributed by atoms with Crippen LogP contribution in [-0.4, -0.2) is 17.9 Å². The van der Waals surface area contributed by atoms with Crippen LogP contribution in [0.3, 0.4) is 0 Å². The molecule has 2 bridgehead atoms. The number of nitrogens with two attached hydrogens (primary N) is 1. The monoisotopic (exact) mass is 355 g/mol. The molecule has 140 valence electrons. The van der Waals surface area contributed by atoms with E-state index in [4.69, 9.17) is 5.73 Å². The van der Waals surface area contributed by atoms with Gasteiger partial charge >= 0.3 is 0 Å². The molecule has 5 heteroatoms. The number of benzene rings is 1. The van der Waals surface area contributed by atoms with E-state index in [1.54, 1.807) is 0 Å². The summed E-state index contributed by atoms with van der Waals surface area (Å²) in [4.78, 5) is 24.9. The van der Waals surface area contributed by atoms with Crippen LogP contribution in [-0.2, 0) is 16.1 Å². The van der Waals surface area contributed by atoms with Gasteiger partial charge < -0.3 is 16.4 Å². The normalized spacial score (nSPS) is 30.5. The molecule has 4 N–H and O–H groups in total.